The van der Waals surface area contributed by atoms with Gasteiger partial charge in [0.15, 0.2) is 0 Å². The van der Waals surface area contributed by atoms with Crippen molar-refractivity contribution in [2.24, 2.45) is 11.8 Å². The number of carbonyl (C=O) groups is 1. The highest BCUT2D eigenvalue weighted by Gasteiger charge is 2.07. The van der Waals surface area contributed by atoms with E-state index < -0.39 is 0 Å². The Labute approximate surface area is 80.1 Å². The Morgan fingerprint density at radius 3 is 2.62 bits per heavy atom. The molecule has 13 heavy (non-hydrogen) atoms. The van der Waals surface area contributed by atoms with E-state index in [1.807, 2.05) is 6.92 Å². The van der Waals surface area contributed by atoms with Crippen LogP contribution in [0.5, 0.6) is 0 Å². The Morgan fingerprint density at radius 2 is 2.15 bits per heavy atom. The standard InChI is InChI=1S/C10H18N2O/c1-4-8(2)5-10(13)12-7-9(3)6-11/h8-9H,4-5,7H2,1-3H3,(H,12,13). The lowest BCUT2D eigenvalue weighted by atomic mass is 10.0. The molecule has 3 nitrogen and oxygen atoms in total. The molecule has 0 rings (SSSR count). The topological polar surface area (TPSA) is 52.9 Å². The lowest BCUT2D eigenvalue weighted by Gasteiger charge is -2.09. The molecule has 0 fully saturated rings. The van der Waals surface area contributed by atoms with Crippen LogP contribution in [0.15, 0.2) is 0 Å². The molecule has 0 radical (unpaired) electrons. The smallest absolute Gasteiger partial charge is 0.220 e. The Balaban J connectivity index is 3.59. The van der Waals surface area contributed by atoms with Gasteiger partial charge in [-0.05, 0) is 12.8 Å². The van der Waals surface area contributed by atoms with Crippen LogP contribution in [0.4, 0.5) is 0 Å². The summed E-state index contributed by atoms with van der Waals surface area (Å²) >= 11 is 0. The van der Waals surface area contributed by atoms with Gasteiger partial charge in [-0.3, -0.25) is 4.79 Å². The van der Waals surface area contributed by atoms with Crippen LogP contribution in [-0.2, 0) is 4.79 Å². The van der Waals surface area contributed by atoms with Gasteiger partial charge in [-0.1, -0.05) is 20.3 Å². The molecule has 0 aliphatic rings. The lowest BCUT2D eigenvalue weighted by Crippen LogP contribution is -2.28. The number of hydrogen-bond donors (Lipinski definition) is 1. The first-order valence-corrected chi connectivity index (χ1v) is 4.76. The zero-order valence-corrected chi connectivity index (χ0v) is 8.63. The molecule has 0 aliphatic heterocycles. The fourth-order valence-corrected chi connectivity index (χ4v) is 0.846. The van der Waals surface area contributed by atoms with Crippen LogP contribution in [0.3, 0.4) is 0 Å². The molecule has 0 saturated heterocycles. The van der Waals surface area contributed by atoms with Gasteiger partial charge in [0.1, 0.15) is 0 Å². The Kier molecular flexibility index (Phi) is 5.96. The van der Waals surface area contributed by atoms with Gasteiger partial charge in [0, 0.05) is 13.0 Å². The lowest BCUT2D eigenvalue weighted by molar-refractivity contribution is -0.122. The zero-order valence-electron chi connectivity index (χ0n) is 8.63. The molecule has 2 atom stereocenters. The van der Waals surface area contributed by atoms with Crippen LogP contribution in [0.2, 0.25) is 0 Å². The number of nitrogens with zero attached hydrogens (tertiary/aromatic N) is 1. The number of carbonyl (C=O) groups excluding carboxylic acids is 1. The number of nitriles is 1. The van der Waals surface area contributed by atoms with Crippen molar-refractivity contribution in [2.45, 2.75) is 33.6 Å². The zero-order chi connectivity index (χ0) is 10.3. The summed E-state index contributed by atoms with van der Waals surface area (Å²) in [6.07, 6.45) is 1.58. The van der Waals surface area contributed by atoms with Crippen LogP contribution >= 0.6 is 0 Å². The maximum atomic E-state index is 11.2. The second kappa shape index (κ2) is 6.47. The molecule has 0 aromatic rings. The van der Waals surface area contributed by atoms with Crippen molar-refractivity contribution in [3.05, 3.63) is 0 Å². The van der Waals surface area contributed by atoms with Crippen molar-refractivity contribution >= 4 is 5.91 Å². The Hall–Kier alpha value is -1.04. The van der Waals surface area contributed by atoms with Crippen molar-refractivity contribution in [2.75, 3.05) is 6.54 Å². The quantitative estimate of drug-likeness (QED) is 0.703. The highest BCUT2D eigenvalue weighted by molar-refractivity contribution is 5.76. The van der Waals surface area contributed by atoms with E-state index in [1.54, 1.807) is 6.92 Å². The number of rotatable bonds is 5. The SMILES string of the molecule is CCC(C)CC(=O)NCC(C)C#N. The second-order valence-electron chi connectivity index (χ2n) is 3.55. The van der Waals surface area contributed by atoms with E-state index in [9.17, 15) is 4.79 Å². The van der Waals surface area contributed by atoms with Gasteiger partial charge in [-0.2, -0.15) is 5.26 Å². The highest BCUT2D eigenvalue weighted by atomic mass is 16.1. The minimum absolute atomic E-state index is 0.0523. The fourth-order valence-electron chi connectivity index (χ4n) is 0.846. The minimum atomic E-state index is -0.0964. The third-order valence-corrected chi connectivity index (χ3v) is 2.06. The summed E-state index contributed by atoms with van der Waals surface area (Å²) in [5.74, 6) is 0.384. The van der Waals surface area contributed by atoms with Gasteiger partial charge in [0.05, 0.1) is 12.0 Å². The average Bonchev–Trinajstić information content (AvgIpc) is 2.13. The Morgan fingerprint density at radius 1 is 1.54 bits per heavy atom. The van der Waals surface area contributed by atoms with Gasteiger partial charge >= 0.3 is 0 Å². The maximum absolute atomic E-state index is 11.2. The summed E-state index contributed by atoms with van der Waals surface area (Å²) in [4.78, 5) is 11.2. The fraction of sp³-hybridized carbons (Fsp3) is 0.800. The summed E-state index contributed by atoms with van der Waals surface area (Å²) in [5, 5.41) is 11.2. The van der Waals surface area contributed by atoms with Gasteiger partial charge in [0.2, 0.25) is 5.91 Å². The molecule has 0 aromatic carbocycles. The van der Waals surface area contributed by atoms with E-state index >= 15 is 0 Å². The minimum Gasteiger partial charge on any atom is -0.355 e. The highest BCUT2D eigenvalue weighted by Crippen LogP contribution is 2.05. The average molecular weight is 182 g/mol. The van der Waals surface area contributed by atoms with E-state index in [0.717, 1.165) is 6.42 Å². The molecule has 0 aromatic heterocycles. The first kappa shape index (κ1) is 12.0. The van der Waals surface area contributed by atoms with Gasteiger partial charge < -0.3 is 5.32 Å². The summed E-state index contributed by atoms with van der Waals surface area (Å²) in [6.45, 7) is 6.37. The molecule has 0 saturated carbocycles. The summed E-state index contributed by atoms with van der Waals surface area (Å²) < 4.78 is 0. The number of amides is 1. The first-order chi connectivity index (χ1) is 6.10. The van der Waals surface area contributed by atoms with E-state index in [0.29, 0.717) is 18.9 Å². The van der Waals surface area contributed by atoms with Crippen LogP contribution < -0.4 is 5.32 Å². The van der Waals surface area contributed by atoms with Gasteiger partial charge in [-0.15, -0.1) is 0 Å². The predicted molar refractivity (Wildman–Crippen MR) is 51.9 cm³/mol. The second-order valence-corrected chi connectivity index (χ2v) is 3.55. The molecular weight excluding hydrogens is 164 g/mol. The van der Waals surface area contributed by atoms with E-state index in [4.69, 9.17) is 5.26 Å². The molecule has 0 bridgehead atoms. The number of nitrogens with one attached hydrogen (secondary N) is 1. The molecule has 2 unspecified atom stereocenters. The maximum Gasteiger partial charge on any atom is 0.220 e. The molecule has 3 heteroatoms. The summed E-state index contributed by atoms with van der Waals surface area (Å²) in [6, 6.07) is 2.07. The van der Waals surface area contributed by atoms with Crippen molar-refractivity contribution < 1.29 is 4.79 Å². The summed E-state index contributed by atoms with van der Waals surface area (Å²) in [7, 11) is 0. The van der Waals surface area contributed by atoms with Crippen molar-refractivity contribution in [1.29, 1.82) is 5.26 Å². The van der Waals surface area contributed by atoms with Crippen LogP contribution in [0.25, 0.3) is 0 Å². The predicted octanol–water partition coefficient (Wildman–Crippen LogP) is 1.70. The first-order valence-electron chi connectivity index (χ1n) is 4.76. The largest absolute Gasteiger partial charge is 0.355 e. The van der Waals surface area contributed by atoms with Crippen LogP contribution in [0.1, 0.15) is 33.6 Å². The normalized spacial score (nSPS) is 14.3. The Bertz CT molecular complexity index is 196. The third-order valence-electron chi connectivity index (χ3n) is 2.06. The molecule has 74 valence electrons. The van der Waals surface area contributed by atoms with E-state index in [1.165, 1.54) is 0 Å². The van der Waals surface area contributed by atoms with Crippen LogP contribution in [-0.4, -0.2) is 12.5 Å². The molecular formula is C10H18N2O. The molecule has 1 amide bonds. The van der Waals surface area contributed by atoms with Crippen molar-refractivity contribution in [3.8, 4) is 6.07 Å². The van der Waals surface area contributed by atoms with Crippen molar-refractivity contribution in [1.82, 2.24) is 5.32 Å². The van der Waals surface area contributed by atoms with E-state index in [2.05, 4.69) is 18.3 Å². The molecule has 1 N–H and O–H groups in total. The summed E-state index contributed by atoms with van der Waals surface area (Å²) in [5.41, 5.74) is 0. The third kappa shape index (κ3) is 6.15. The molecule has 0 heterocycles. The monoisotopic (exact) mass is 182 g/mol. The van der Waals surface area contributed by atoms with Crippen molar-refractivity contribution in [3.63, 3.8) is 0 Å². The van der Waals surface area contributed by atoms with Crippen LogP contribution in [0, 0.1) is 23.2 Å². The molecule has 0 spiro atoms. The van der Waals surface area contributed by atoms with E-state index in [-0.39, 0.29) is 11.8 Å². The van der Waals surface area contributed by atoms with Gasteiger partial charge in [-0.25, -0.2) is 0 Å². The number of hydrogen-bond acceptors (Lipinski definition) is 2. The van der Waals surface area contributed by atoms with Gasteiger partial charge in [0.25, 0.3) is 0 Å². The molecule has 0 aliphatic carbocycles.